The number of nitrogens with one attached hydrogen (secondary N) is 3. The monoisotopic (exact) mass is 1810 g/mol. The Bertz CT molecular complexity index is 4450. The van der Waals surface area contributed by atoms with Gasteiger partial charge in [-0.3, -0.25) is 24.0 Å². The molecule has 3 amide bonds. The van der Waals surface area contributed by atoms with Gasteiger partial charge in [0.1, 0.15) is 53.5 Å². The molecular weight excluding hydrogens is 1660 g/mol. The molecule has 5 aromatic rings. The number of ketones is 2. The number of esters is 1. The predicted octanol–water partition coefficient (Wildman–Crippen LogP) is 9.48. The second kappa shape index (κ2) is 52.8. The van der Waals surface area contributed by atoms with E-state index in [2.05, 4.69) is 36.0 Å². The first-order valence-electron chi connectivity index (χ1n) is 46.6. The van der Waals surface area contributed by atoms with Crippen molar-refractivity contribution in [2.24, 2.45) is 41.4 Å². The number of hydrogen-bond acceptors (Lipinski definition) is 28. The summed E-state index contributed by atoms with van der Waals surface area (Å²) in [6.45, 7) is 19.3. The van der Waals surface area contributed by atoms with Gasteiger partial charge < -0.3 is 103 Å². The zero-order valence-electron chi connectivity index (χ0n) is 77.7. The molecule has 7 heterocycles. The van der Waals surface area contributed by atoms with Crippen molar-refractivity contribution in [3.05, 3.63) is 95.9 Å². The number of ether oxygens (including phenoxy) is 13. The van der Waals surface area contributed by atoms with Crippen molar-refractivity contribution in [3.8, 4) is 17.1 Å². The van der Waals surface area contributed by atoms with Crippen LogP contribution in [0.3, 0.4) is 0 Å². The van der Waals surface area contributed by atoms with Crippen LogP contribution in [0.25, 0.3) is 27.8 Å². The molecule has 716 valence electrons. The van der Waals surface area contributed by atoms with E-state index >= 15 is 0 Å². The number of aromatic amines is 1. The summed E-state index contributed by atoms with van der Waals surface area (Å²) in [4.78, 5) is 97.2. The largest absolute Gasteiger partial charge is 0.495 e. The number of carbonyl (C=O) groups is 6. The summed E-state index contributed by atoms with van der Waals surface area (Å²) in [7, 11) is 6.49. The van der Waals surface area contributed by atoms with Crippen LogP contribution >= 0.6 is 0 Å². The maximum absolute atomic E-state index is 14.9. The van der Waals surface area contributed by atoms with Gasteiger partial charge in [0.25, 0.3) is 11.7 Å². The highest BCUT2D eigenvalue weighted by molar-refractivity contribution is 6.39. The number of allylic oxidation sites excluding steroid dienone is 5. The molecule has 0 spiro atoms. The molecule has 2 bridgehead atoms. The summed E-state index contributed by atoms with van der Waals surface area (Å²) in [5, 5.41) is 55.1. The van der Waals surface area contributed by atoms with Gasteiger partial charge in [0.05, 0.1) is 140 Å². The number of piperidine rings is 1. The molecule has 4 fully saturated rings. The number of rotatable bonds is 40. The van der Waals surface area contributed by atoms with Crippen molar-refractivity contribution < 1.29 is 106 Å². The van der Waals surface area contributed by atoms with Gasteiger partial charge in [-0.15, -0.1) is 5.10 Å². The normalized spacial score (nSPS) is 28.7. The third kappa shape index (κ3) is 30.1. The molecule has 2 saturated carbocycles. The number of methoxy groups -OCH3 is 4. The number of nitrogen functional groups attached to an aromatic ring is 1. The number of benzene rings is 1. The number of aryl methyl sites for hydroxylation is 1. The van der Waals surface area contributed by atoms with E-state index in [1.54, 1.807) is 64.5 Å². The van der Waals surface area contributed by atoms with Crippen LogP contribution in [0.15, 0.2) is 84.4 Å². The third-order valence-electron chi connectivity index (χ3n) is 26.0. The van der Waals surface area contributed by atoms with Gasteiger partial charge >= 0.3 is 5.97 Å². The van der Waals surface area contributed by atoms with Crippen molar-refractivity contribution in [2.75, 3.05) is 140 Å². The lowest BCUT2D eigenvalue weighted by Gasteiger charge is -2.43. The summed E-state index contributed by atoms with van der Waals surface area (Å²) >= 11 is 0. The number of para-hydroxylation sites is 1. The van der Waals surface area contributed by atoms with Gasteiger partial charge in [0, 0.05) is 108 Å². The van der Waals surface area contributed by atoms with Crippen molar-refractivity contribution in [1.29, 1.82) is 0 Å². The molecular formula is C95H144N12O22. The highest BCUT2D eigenvalue weighted by atomic mass is 16.6. The molecule has 16 atom stereocenters. The smallest absolute Gasteiger partial charge is 0.329 e. The molecule has 2 saturated heterocycles. The number of H-pyrrole nitrogens is 1. The molecule has 5 aliphatic rings. The molecule has 10 rings (SSSR count). The van der Waals surface area contributed by atoms with E-state index in [0.29, 0.717) is 186 Å². The van der Waals surface area contributed by atoms with Gasteiger partial charge in [-0.1, -0.05) is 88.4 Å². The number of Topliss-reactive ketones (excluding diaryl/α,β-unsaturated/α-hetero) is 2. The molecule has 1 aromatic carbocycles. The molecule has 2 aliphatic carbocycles. The Morgan fingerprint density at radius 3 is 2.15 bits per heavy atom. The number of carbonyl (C=O) groups excluding carboxylic acids is 6. The van der Waals surface area contributed by atoms with Gasteiger partial charge in [0.2, 0.25) is 17.6 Å². The number of hydrogen-bond donors (Lipinski definition) is 7. The molecule has 34 heteroatoms. The first kappa shape index (κ1) is 103. The molecule has 34 nitrogen and oxygen atoms in total. The van der Waals surface area contributed by atoms with Crippen LogP contribution in [0.2, 0.25) is 0 Å². The summed E-state index contributed by atoms with van der Waals surface area (Å²) in [5.41, 5.74) is 11.5. The standard InChI is InChI=1S/C95H144N12O22/c1-61-20-13-12-14-21-62(2)78(118-9)57-73-32-26-67(7)95(116,129-73)89(112)93(114)106-37-17-15-24-75(106)94(115)128-80(58-79(119-10)63(3)53-66(6)87(110)88(111)86(109)65(5)52-61)64(4)54-68-27-33-76(81(55-68)120-11)127-39-18-16-23-72-59-105(104-103-72)38-43-124-47-49-126-51-50-125-48-44-121-40-34-82(108)97-35-41-122-45-46-123-42-36-98-92(113)70-30-28-69(29-31-70)91-102-84(85-90(96)99-60-100-107(85)91)74-56-71-22-19-25-77(117-8)83(71)101-74/h12-14,19-22,25,53,56,59-61,63-65,67-70,73,75-76,78-81,87-88,101,110-111,116H,15-18,23-24,26-52,54-55,57-58H2,1-11H3,(H,97,108)(H,98,113)(H2,96,99,100)/b14-12+,20-13+,62-21+,66-53+/t61-,63-,64-,65-,67-,68+,69-,70-,73+,75+,76-,78+,79-,80+,81-,87-,88+,95-/m1/s1. The summed E-state index contributed by atoms with van der Waals surface area (Å²) in [5.74, 6) is -5.80. The van der Waals surface area contributed by atoms with E-state index in [1.807, 2.05) is 88.5 Å². The zero-order valence-corrected chi connectivity index (χ0v) is 77.7. The molecule has 8 N–H and O–H groups in total. The number of cyclic esters (lactones) is 1. The van der Waals surface area contributed by atoms with Crippen LogP contribution in [-0.2, 0) is 98.6 Å². The summed E-state index contributed by atoms with van der Waals surface area (Å²) < 4.78 is 80.6. The first-order valence-corrected chi connectivity index (χ1v) is 46.6. The first-order chi connectivity index (χ1) is 62.3. The highest BCUT2D eigenvalue weighted by Crippen LogP contribution is 2.42. The molecule has 4 aromatic heterocycles. The Morgan fingerprint density at radius 1 is 0.729 bits per heavy atom. The van der Waals surface area contributed by atoms with Gasteiger partial charge in [-0.2, -0.15) is 5.10 Å². The molecule has 129 heavy (non-hydrogen) atoms. The lowest BCUT2D eigenvalue weighted by Crippen LogP contribution is -2.61. The van der Waals surface area contributed by atoms with Crippen LogP contribution in [0.5, 0.6) is 5.75 Å². The van der Waals surface area contributed by atoms with Crippen LogP contribution < -0.4 is 21.1 Å². The second-order valence-corrected chi connectivity index (χ2v) is 35.5. The quantitative estimate of drug-likeness (QED) is 0.00830. The van der Waals surface area contributed by atoms with E-state index < -0.39 is 89.6 Å². The minimum atomic E-state index is -2.44. The second-order valence-electron chi connectivity index (χ2n) is 35.5. The van der Waals surface area contributed by atoms with Gasteiger partial charge in [-0.05, 0) is 164 Å². The SMILES string of the molecule is COc1cccc2cc(-c3nc([C@H]4CC[C@H](C(=O)NCCOCCOCCNC(=O)CCOCCOCCOCCOCCn5cc(CCCCO[C@@H]6CC[C@@H](C[C@@H](C)[C@@H]7C[C@@H](OC)[C@H](C)/C=C(\C)[C@@H](O)[C@@H](O)C(=O)[C@H](C)C[C@H](C)/C=C/C=C/C=C(\C)[C@@H](OC)C[C@@H]8CC[C@@H](C)[C@@](O)(O8)C(=O)C(=O)N8CCCC[C@H]8C(=O)O7)C[C@H]6OC)nn5)CC4)n4ncnc(N)c34)[nH]c12. The van der Waals surface area contributed by atoms with E-state index in [-0.39, 0.29) is 86.0 Å². The number of nitrogens with two attached hydrogens (primary N) is 1. The Hall–Kier alpha value is -8.33. The summed E-state index contributed by atoms with van der Waals surface area (Å²) in [6.07, 6.45) is 20.6. The number of anilines is 1. The Morgan fingerprint density at radius 2 is 1.43 bits per heavy atom. The number of unbranched alkanes of at least 4 members (excludes halogenated alkanes) is 1. The fraction of sp³-hybridized carbons (Fsp3) is 0.695. The lowest BCUT2D eigenvalue weighted by molar-refractivity contribution is -0.265. The third-order valence-corrected chi connectivity index (χ3v) is 26.0. The van der Waals surface area contributed by atoms with Crippen LogP contribution in [0.4, 0.5) is 5.82 Å². The minimum Gasteiger partial charge on any atom is -0.495 e. The summed E-state index contributed by atoms with van der Waals surface area (Å²) in [6, 6.07) is 6.76. The lowest BCUT2D eigenvalue weighted by atomic mass is 9.78. The molecule has 0 radical (unpaired) electrons. The number of aliphatic hydroxyl groups excluding tert-OH is 2. The zero-order chi connectivity index (χ0) is 92.4. The number of aliphatic hydroxyl groups is 3. The maximum Gasteiger partial charge on any atom is 0.329 e. The van der Waals surface area contributed by atoms with Gasteiger partial charge in [0.15, 0.2) is 11.6 Å². The number of aromatic nitrogens is 8. The number of amides is 3. The fourth-order valence-electron chi connectivity index (χ4n) is 18.3. The van der Waals surface area contributed by atoms with Crippen molar-refractivity contribution in [2.45, 2.75) is 250 Å². The minimum absolute atomic E-state index is 0.0143. The number of imidazole rings is 1. The molecule has 0 unspecified atom stereocenters. The number of fused-ring (bicyclic) bond motifs is 5. The van der Waals surface area contributed by atoms with Crippen molar-refractivity contribution in [3.63, 3.8) is 0 Å². The van der Waals surface area contributed by atoms with E-state index in [0.717, 1.165) is 84.4 Å². The molecule has 3 aliphatic heterocycles. The Labute approximate surface area is 758 Å². The van der Waals surface area contributed by atoms with Crippen molar-refractivity contribution >= 4 is 57.5 Å². The van der Waals surface area contributed by atoms with Crippen LogP contribution in [-0.4, -0.2) is 290 Å². The van der Waals surface area contributed by atoms with Crippen molar-refractivity contribution in [1.82, 2.24) is 55.1 Å². The predicted molar refractivity (Wildman–Crippen MR) is 482 cm³/mol. The average Bonchev–Trinajstić information content (AvgIpc) is 1.63. The Kier molecular flexibility index (Phi) is 42.1. The van der Waals surface area contributed by atoms with Gasteiger partial charge in [-0.25, -0.2) is 24.0 Å². The Balaban J connectivity index is 0.555. The van der Waals surface area contributed by atoms with Crippen LogP contribution in [0, 0.1) is 41.4 Å². The van der Waals surface area contributed by atoms with E-state index in [4.69, 9.17) is 72.3 Å². The van der Waals surface area contributed by atoms with E-state index in [1.165, 1.54) is 11.2 Å². The highest BCUT2D eigenvalue weighted by Gasteiger charge is 2.53. The topological polar surface area (TPSA) is 426 Å². The number of nitrogens with zero attached hydrogens (tertiary/aromatic N) is 8. The fourth-order valence-corrected chi connectivity index (χ4v) is 18.3. The maximum atomic E-state index is 14.9. The van der Waals surface area contributed by atoms with Crippen LogP contribution in [0.1, 0.15) is 188 Å². The van der Waals surface area contributed by atoms with E-state index in [9.17, 15) is 44.1 Å². The average molecular weight is 1810 g/mol.